The van der Waals surface area contributed by atoms with Gasteiger partial charge >= 0.3 is 254 Å². The Kier molecular flexibility index (Phi) is 9.78. The first-order valence-corrected chi connectivity index (χ1v) is 15.4. The van der Waals surface area contributed by atoms with Crippen LogP contribution in [0.2, 0.25) is 0 Å². The number of carbonyl (C=O) groups excluding carboxylic acids is 4. The molecular formula is C32H28N2O8Se. The van der Waals surface area contributed by atoms with Crippen molar-refractivity contribution in [1.29, 1.82) is 0 Å². The van der Waals surface area contributed by atoms with Gasteiger partial charge in [0.15, 0.2) is 0 Å². The molecule has 1 aromatic heterocycles. The summed E-state index contributed by atoms with van der Waals surface area (Å²) in [4.78, 5) is 57.9. The summed E-state index contributed by atoms with van der Waals surface area (Å²) >= 11 is -0.425. The zero-order chi connectivity index (χ0) is 30.2. The van der Waals surface area contributed by atoms with E-state index >= 15 is 0 Å². The first kappa shape index (κ1) is 29.9. The second-order valence-electron chi connectivity index (χ2n) is 9.46. The predicted molar refractivity (Wildman–Crippen MR) is 155 cm³/mol. The molecule has 0 aliphatic carbocycles. The van der Waals surface area contributed by atoms with E-state index in [1.54, 1.807) is 103 Å². The normalized spacial score (nSPS) is 19.3. The van der Waals surface area contributed by atoms with Crippen molar-refractivity contribution in [2.24, 2.45) is 0 Å². The Hall–Kier alpha value is -4.57. The van der Waals surface area contributed by atoms with Crippen molar-refractivity contribution >= 4 is 38.3 Å². The number of hydrogen-bond acceptors (Lipinski definition) is 9. The minimum absolute atomic E-state index is 0.227. The third kappa shape index (κ3) is 7.26. The van der Waals surface area contributed by atoms with Crippen molar-refractivity contribution < 1.29 is 38.1 Å². The molecule has 4 atom stereocenters. The summed E-state index contributed by atoms with van der Waals surface area (Å²) in [5, 5.41) is 2.72. The van der Waals surface area contributed by atoms with Gasteiger partial charge in [-0.3, -0.25) is 0 Å². The summed E-state index contributed by atoms with van der Waals surface area (Å²) in [7, 11) is 0. The van der Waals surface area contributed by atoms with Gasteiger partial charge in [-0.05, 0) is 0 Å². The third-order valence-electron chi connectivity index (χ3n) is 6.54. The van der Waals surface area contributed by atoms with E-state index in [1.165, 1.54) is 0 Å². The molecule has 0 radical (unpaired) electrons. The molecule has 1 amide bonds. The molecule has 3 aromatic carbocycles. The second kappa shape index (κ2) is 14.1. The predicted octanol–water partition coefficient (Wildman–Crippen LogP) is 3.64. The average Bonchev–Trinajstić information content (AvgIpc) is 3.66. The van der Waals surface area contributed by atoms with E-state index < -0.39 is 56.8 Å². The number of ether oxygens (including phenoxy) is 4. The van der Waals surface area contributed by atoms with E-state index in [9.17, 15) is 19.2 Å². The number of hydrogen-bond donors (Lipinski definition) is 1. The van der Waals surface area contributed by atoms with Gasteiger partial charge in [0.05, 0.1) is 0 Å². The quantitative estimate of drug-likeness (QED) is 0.156. The van der Waals surface area contributed by atoms with E-state index in [0.717, 1.165) is 0 Å². The van der Waals surface area contributed by atoms with Crippen molar-refractivity contribution in [1.82, 2.24) is 10.3 Å². The maximum atomic E-state index is 13.3. The van der Waals surface area contributed by atoms with E-state index in [4.69, 9.17) is 18.9 Å². The number of amides is 1. The average molecular weight is 648 g/mol. The van der Waals surface area contributed by atoms with Crippen molar-refractivity contribution in [3.63, 3.8) is 0 Å². The number of aromatic nitrogens is 1. The summed E-state index contributed by atoms with van der Waals surface area (Å²) < 4.78 is 24.2. The summed E-state index contributed by atoms with van der Waals surface area (Å²) in [6.07, 6.45) is -4.29. The molecule has 2 heterocycles. The standard InChI is InChI=1S/C32H28N2O8Se/c1-2-33-28(35)23-19-43-29(34-23)27-26(42-32(38)22-16-10-5-11-17-22)25(41-31(37)21-14-8-4-9-15-21)24(40-27)18-39-30(36)20-12-6-3-7-13-20/h3-17,19,24-27H,2,18H2,1H3,(H,33,35)/t24-,25-,26-,27-/m1/s1. The molecule has 5 rings (SSSR count). The number of nitrogens with one attached hydrogen (secondary N) is 1. The maximum absolute atomic E-state index is 13.3. The first-order chi connectivity index (χ1) is 20.9. The Morgan fingerprint density at radius 3 is 1.81 bits per heavy atom. The van der Waals surface area contributed by atoms with E-state index in [-0.39, 0.29) is 29.3 Å². The van der Waals surface area contributed by atoms with Gasteiger partial charge in [-0.2, -0.15) is 0 Å². The molecular weight excluding hydrogens is 619 g/mol. The second-order valence-corrected chi connectivity index (χ2v) is 11.3. The molecule has 0 saturated carbocycles. The summed E-state index contributed by atoms with van der Waals surface area (Å²) in [5.41, 5.74) is 1.13. The Bertz CT molecular complexity index is 1560. The molecule has 1 saturated heterocycles. The molecule has 11 heteroatoms. The number of benzene rings is 3. The molecule has 220 valence electrons. The van der Waals surface area contributed by atoms with Gasteiger partial charge < -0.3 is 0 Å². The van der Waals surface area contributed by atoms with Crippen LogP contribution in [0.1, 0.15) is 59.2 Å². The van der Waals surface area contributed by atoms with Gasteiger partial charge in [0, 0.05) is 0 Å². The summed E-state index contributed by atoms with van der Waals surface area (Å²) in [6, 6.07) is 25.1. The van der Waals surface area contributed by atoms with Crippen LogP contribution in [0, 0.1) is 0 Å². The Labute approximate surface area is 253 Å². The van der Waals surface area contributed by atoms with Crippen LogP contribution in [0.3, 0.4) is 0 Å². The van der Waals surface area contributed by atoms with Crippen molar-refractivity contribution in [2.45, 2.75) is 31.3 Å². The number of rotatable bonds is 10. The SMILES string of the molecule is CCNC(=O)c1c[se]c([C@@H]2O[C@H](COC(=O)c3ccccc3)[C@@H](OC(=O)c3ccccc3)[C@H]2OC(=O)c2ccccc2)n1. The Morgan fingerprint density at radius 1 is 0.767 bits per heavy atom. The van der Waals surface area contributed by atoms with Gasteiger partial charge in [0.25, 0.3) is 0 Å². The van der Waals surface area contributed by atoms with Crippen LogP contribution in [0.15, 0.2) is 95.9 Å². The Morgan fingerprint density at radius 2 is 1.28 bits per heavy atom. The fourth-order valence-corrected chi connectivity index (χ4v) is 6.27. The molecule has 4 aromatic rings. The van der Waals surface area contributed by atoms with E-state index in [1.807, 2.05) is 0 Å². The fraction of sp³-hybridized carbons (Fsp3) is 0.219. The van der Waals surface area contributed by atoms with Crippen LogP contribution in [0.4, 0.5) is 0 Å². The molecule has 1 fully saturated rings. The van der Waals surface area contributed by atoms with E-state index in [2.05, 4.69) is 10.3 Å². The first-order valence-electron chi connectivity index (χ1n) is 13.6. The van der Waals surface area contributed by atoms with Crippen LogP contribution >= 0.6 is 0 Å². The molecule has 0 bridgehead atoms. The zero-order valence-electron chi connectivity index (χ0n) is 23.1. The summed E-state index contributed by atoms with van der Waals surface area (Å²) in [5.74, 6) is -2.27. The molecule has 1 aliphatic rings. The van der Waals surface area contributed by atoms with Gasteiger partial charge in [-0.25, -0.2) is 0 Å². The number of nitrogens with zero attached hydrogens (tertiary/aromatic N) is 1. The molecule has 10 nitrogen and oxygen atoms in total. The number of carbonyl (C=O) groups is 4. The van der Waals surface area contributed by atoms with Crippen molar-refractivity contribution in [3.8, 4) is 0 Å². The van der Waals surface area contributed by atoms with Gasteiger partial charge in [-0.1, -0.05) is 0 Å². The van der Waals surface area contributed by atoms with Crippen molar-refractivity contribution in [2.75, 3.05) is 13.2 Å². The molecule has 0 spiro atoms. The minimum atomic E-state index is -1.17. The monoisotopic (exact) mass is 648 g/mol. The van der Waals surface area contributed by atoms with Crippen molar-refractivity contribution in [3.05, 3.63) is 123 Å². The van der Waals surface area contributed by atoms with Crippen LogP contribution in [-0.4, -0.2) is 74.8 Å². The molecule has 43 heavy (non-hydrogen) atoms. The topological polar surface area (TPSA) is 130 Å². The van der Waals surface area contributed by atoms with Gasteiger partial charge in [0.2, 0.25) is 0 Å². The molecule has 1 N–H and O–H groups in total. The zero-order valence-corrected chi connectivity index (χ0v) is 24.8. The Balaban J connectivity index is 1.47. The van der Waals surface area contributed by atoms with Crippen LogP contribution < -0.4 is 5.32 Å². The van der Waals surface area contributed by atoms with E-state index in [0.29, 0.717) is 16.7 Å². The van der Waals surface area contributed by atoms with Crippen LogP contribution in [0.25, 0.3) is 0 Å². The molecule has 1 aliphatic heterocycles. The number of esters is 3. The molecule has 0 unspecified atom stereocenters. The van der Waals surface area contributed by atoms with Crippen LogP contribution in [-0.2, 0) is 18.9 Å². The fourth-order valence-electron chi connectivity index (χ4n) is 4.45. The van der Waals surface area contributed by atoms with Crippen LogP contribution in [0.5, 0.6) is 0 Å². The third-order valence-corrected chi connectivity index (χ3v) is 8.44. The van der Waals surface area contributed by atoms with Gasteiger partial charge in [-0.15, -0.1) is 0 Å². The van der Waals surface area contributed by atoms with Gasteiger partial charge in [0.1, 0.15) is 0 Å². The summed E-state index contributed by atoms with van der Waals surface area (Å²) in [6.45, 7) is 1.93.